The molecule has 1 heterocycles. The number of nitrogen functional groups attached to an aromatic ring is 1. The Hall–Kier alpha value is -1.53. The second-order valence-electron chi connectivity index (χ2n) is 4.19. The van der Waals surface area contributed by atoms with E-state index in [1.165, 1.54) is 11.3 Å². The van der Waals surface area contributed by atoms with E-state index in [0.29, 0.717) is 17.4 Å². The van der Waals surface area contributed by atoms with E-state index >= 15 is 0 Å². The maximum Gasteiger partial charge on any atom is 0.367 e. The third-order valence-corrected chi connectivity index (χ3v) is 4.54. The number of aryl methyl sites for hydroxylation is 1. The van der Waals surface area contributed by atoms with Crippen molar-refractivity contribution in [1.82, 2.24) is 4.98 Å². The molecule has 0 aliphatic rings. The highest BCUT2D eigenvalue weighted by Crippen LogP contribution is 2.29. The van der Waals surface area contributed by atoms with Crippen LogP contribution in [0.3, 0.4) is 0 Å². The highest BCUT2D eigenvalue weighted by atomic mass is 32.2. The number of esters is 1. The van der Waals surface area contributed by atoms with Crippen LogP contribution in [0.1, 0.15) is 28.0 Å². The SMILES string of the molecule is CCOC(=O)c1nc(CSc2ccc(C)cc2N)cs1. The van der Waals surface area contributed by atoms with Gasteiger partial charge in [0.05, 0.1) is 12.3 Å². The lowest BCUT2D eigenvalue weighted by atomic mass is 10.2. The average Bonchev–Trinajstić information content (AvgIpc) is 2.87. The van der Waals surface area contributed by atoms with Crippen LogP contribution in [0, 0.1) is 6.92 Å². The fraction of sp³-hybridized carbons (Fsp3) is 0.286. The molecule has 0 fully saturated rings. The summed E-state index contributed by atoms with van der Waals surface area (Å²) < 4.78 is 4.92. The van der Waals surface area contributed by atoms with Gasteiger partial charge in [0.25, 0.3) is 0 Å². The Morgan fingerprint density at radius 3 is 3.00 bits per heavy atom. The number of hydrogen-bond donors (Lipinski definition) is 1. The summed E-state index contributed by atoms with van der Waals surface area (Å²) in [6.45, 7) is 4.15. The Morgan fingerprint density at radius 2 is 2.30 bits per heavy atom. The van der Waals surface area contributed by atoms with Crippen LogP contribution in [-0.2, 0) is 10.5 Å². The molecular formula is C14H16N2O2S2. The quantitative estimate of drug-likeness (QED) is 0.520. The largest absolute Gasteiger partial charge is 0.461 e. The van der Waals surface area contributed by atoms with Gasteiger partial charge in [0.2, 0.25) is 5.01 Å². The Bertz CT molecular complexity index is 611. The summed E-state index contributed by atoms with van der Waals surface area (Å²) >= 11 is 2.92. The van der Waals surface area contributed by atoms with Crippen molar-refractivity contribution >= 4 is 34.8 Å². The molecule has 2 rings (SSSR count). The lowest BCUT2D eigenvalue weighted by Crippen LogP contribution is -2.03. The third kappa shape index (κ3) is 3.74. The van der Waals surface area contributed by atoms with E-state index in [1.807, 2.05) is 30.5 Å². The Balaban J connectivity index is 1.99. The van der Waals surface area contributed by atoms with Crippen molar-refractivity contribution in [1.29, 1.82) is 0 Å². The zero-order valence-electron chi connectivity index (χ0n) is 11.4. The number of nitrogens with two attached hydrogens (primary N) is 1. The van der Waals surface area contributed by atoms with Crippen LogP contribution in [0.25, 0.3) is 0 Å². The molecule has 0 atom stereocenters. The summed E-state index contributed by atoms with van der Waals surface area (Å²) in [5.74, 6) is 0.326. The first-order valence-corrected chi connectivity index (χ1v) is 8.07. The monoisotopic (exact) mass is 308 g/mol. The summed E-state index contributed by atoms with van der Waals surface area (Å²) in [4.78, 5) is 16.8. The number of aromatic nitrogens is 1. The summed E-state index contributed by atoms with van der Waals surface area (Å²) in [5, 5.41) is 2.28. The van der Waals surface area contributed by atoms with Gasteiger partial charge < -0.3 is 10.5 Å². The van der Waals surface area contributed by atoms with Crippen molar-refractivity contribution in [3.8, 4) is 0 Å². The number of anilines is 1. The summed E-state index contributed by atoms with van der Waals surface area (Å²) in [6, 6.07) is 5.99. The molecule has 20 heavy (non-hydrogen) atoms. The summed E-state index contributed by atoms with van der Waals surface area (Å²) in [7, 11) is 0. The molecule has 1 aromatic heterocycles. The van der Waals surface area contributed by atoms with Gasteiger partial charge in [-0.2, -0.15) is 0 Å². The topological polar surface area (TPSA) is 65.2 Å². The van der Waals surface area contributed by atoms with Gasteiger partial charge in [-0.3, -0.25) is 0 Å². The van der Waals surface area contributed by atoms with E-state index in [9.17, 15) is 4.79 Å². The predicted octanol–water partition coefficient (Wildman–Crippen LogP) is 3.50. The third-order valence-electron chi connectivity index (χ3n) is 2.54. The first-order chi connectivity index (χ1) is 9.60. The van der Waals surface area contributed by atoms with Crippen LogP contribution in [-0.4, -0.2) is 17.6 Å². The molecule has 0 saturated heterocycles. The van der Waals surface area contributed by atoms with E-state index in [0.717, 1.165) is 21.8 Å². The normalized spacial score (nSPS) is 10.5. The van der Waals surface area contributed by atoms with Crippen molar-refractivity contribution in [2.24, 2.45) is 0 Å². The maximum atomic E-state index is 11.5. The molecule has 0 bridgehead atoms. The van der Waals surface area contributed by atoms with Gasteiger partial charge in [0.1, 0.15) is 0 Å². The molecule has 0 radical (unpaired) electrons. The molecular weight excluding hydrogens is 292 g/mol. The van der Waals surface area contributed by atoms with Gasteiger partial charge in [-0.25, -0.2) is 9.78 Å². The van der Waals surface area contributed by atoms with E-state index in [-0.39, 0.29) is 5.97 Å². The van der Waals surface area contributed by atoms with E-state index in [2.05, 4.69) is 4.98 Å². The zero-order valence-corrected chi connectivity index (χ0v) is 13.0. The van der Waals surface area contributed by atoms with E-state index < -0.39 is 0 Å². The Kier molecular flexibility index (Phi) is 5.03. The van der Waals surface area contributed by atoms with Gasteiger partial charge in [0, 0.05) is 21.7 Å². The molecule has 4 nitrogen and oxygen atoms in total. The first kappa shape index (κ1) is 14.9. The average molecular weight is 308 g/mol. The Morgan fingerprint density at radius 1 is 1.50 bits per heavy atom. The van der Waals surface area contributed by atoms with Crippen LogP contribution in [0.4, 0.5) is 5.69 Å². The van der Waals surface area contributed by atoms with Gasteiger partial charge in [-0.1, -0.05) is 6.07 Å². The van der Waals surface area contributed by atoms with Crippen molar-refractivity contribution < 1.29 is 9.53 Å². The smallest absolute Gasteiger partial charge is 0.367 e. The highest BCUT2D eigenvalue weighted by molar-refractivity contribution is 7.98. The van der Waals surface area contributed by atoms with Gasteiger partial charge in [-0.05, 0) is 31.5 Å². The van der Waals surface area contributed by atoms with Crippen molar-refractivity contribution in [3.05, 3.63) is 39.8 Å². The first-order valence-electron chi connectivity index (χ1n) is 6.20. The predicted molar refractivity (Wildman–Crippen MR) is 83.2 cm³/mol. The molecule has 0 spiro atoms. The molecule has 2 aromatic rings. The minimum absolute atomic E-state index is 0.358. The molecule has 0 amide bonds. The number of rotatable bonds is 5. The maximum absolute atomic E-state index is 11.5. The highest BCUT2D eigenvalue weighted by Gasteiger charge is 2.12. The number of carbonyl (C=O) groups is 1. The number of thiazole rings is 1. The number of ether oxygens (including phenoxy) is 1. The minimum Gasteiger partial charge on any atom is -0.461 e. The number of carbonyl (C=O) groups excluding carboxylic acids is 1. The molecule has 0 aliphatic heterocycles. The van der Waals surface area contributed by atoms with Crippen LogP contribution in [0.5, 0.6) is 0 Å². The summed E-state index contributed by atoms with van der Waals surface area (Å²) in [5.41, 5.74) is 8.75. The van der Waals surface area contributed by atoms with Gasteiger partial charge in [0.15, 0.2) is 0 Å². The Labute approximate surface area is 126 Å². The van der Waals surface area contributed by atoms with Crippen LogP contribution < -0.4 is 5.73 Å². The van der Waals surface area contributed by atoms with Crippen LogP contribution in [0.2, 0.25) is 0 Å². The fourth-order valence-corrected chi connectivity index (χ4v) is 3.27. The number of benzene rings is 1. The lowest BCUT2D eigenvalue weighted by molar-refractivity contribution is 0.0525. The van der Waals surface area contributed by atoms with Crippen molar-refractivity contribution in [2.75, 3.05) is 12.3 Å². The standard InChI is InChI=1S/C14H16N2O2S2/c1-3-18-14(17)13-16-10(8-20-13)7-19-12-5-4-9(2)6-11(12)15/h4-6,8H,3,7,15H2,1-2H3. The van der Waals surface area contributed by atoms with Crippen molar-refractivity contribution in [2.45, 2.75) is 24.5 Å². The van der Waals surface area contributed by atoms with Gasteiger partial charge >= 0.3 is 5.97 Å². The molecule has 0 aliphatic carbocycles. The summed E-state index contributed by atoms with van der Waals surface area (Å²) in [6.07, 6.45) is 0. The van der Waals surface area contributed by atoms with E-state index in [1.54, 1.807) is 18.7 Å². The molecule has 2 N–H and O–H groups in total. The second kappa shape index (κ2) is 6.76. The molecule has 106 valence electrons. The zero-order chi connectivity index (χ0) is 14.5. The minimum atomic E-state index is -0.358. The van der Waals surface area contributed by atoms with Crippen LogP contribution >= 0.6 is 23.1 Å². The van der Waals surface area contributed by atoms with E-state index in [4.69, 9.17) is 10.5 Å². The molecule has 0 unspecified atom stereocenters. The number of hydrogen-bond acceptors (Lipinski definition) is 6. The number of nitrogens with zero attached hydrogens (tertiary/aromatic N) is 1. The van der Waals surface area contributed by atoms with Crippen LogP contribution in [0.15, 0.2) is 28.5 Å². The molecule has 0 saturated carbocycles. The fourth-order valence-electron chi connectivity index (χ4n) is 1.61. The van der Waals surface area contributed by atoms with Crippen molar-refractivity contribution in [3.63, 3.8) is 0 Å². The van der Waals surface area contributed by atoms with Gasteiger partial charge in [-0.15, -0.1) is 23.1 Å². The second-order valence-corrected chi connectivity index (χ2v) is 6.07. The number of thioether (sulfide) groups is 1. The molecule has 6 heteroatoms. The lowest BCUT2D eigenvalue weighted by Gasteiger charge is -2.04. The molecule has 1 aromatic carbocycles.